The van der Waals surface area contributed by atoms with Crippen molar-refractivity contribution in [2.24, 2.45) is 5.92 Å². The Labute approximate surface area is 163 Å². The van der Waals surface area contributed by atoms with Gasteiger partial charge in [-0.3, -0.25) is 19.3 Å². The molecule has 2 atom stereocenters. The first kappa shape index (κ1) is 19.9. The number of para-hydroxylation sites is 1. The molecule has 8 nitrogen and oxygen atoms in total. The predicted octanol–water partition coefficient (Wildman–Crippen LogP) is 1.89. The van der Waals surface area contributed by atoms with Crippen molar-refractivity contribution in [3.8, 4) is 0 Å². The van der Waals surface area contributed by atoms with Gasteiger partial charge in [0.25, 0.3) is 11.8 Å². The Balaban J connectivity index is 1.58. The van der Waals surface area contributed by atoms with Gasteiger partial charge in [0.1, 0.15) is 12.1 Å². The van der Waals surface area contributed by atoms with Crippen molar-refractivity contribution >= 4 is 29.5 Å². The fraction of sp³-hybridized carbons (Fsp3) is 0.500. The van der Waals surface area contributed by atoms with Gasteiger partial charge in [0.2, 0.25) is 0 Å². The van der Waals surface area contributed by atoms with Crippen molar-refractivity contribution in [1.29, 1.82) is 0 Å². The van der Waals surface area contributed by atoms with Crippen LogP contribution in [0.5, 0.6) is 0 Å². The van der Waals surface area contributed by atoms with E-state index >= 15 is 0 Å². The number of carbonyl (C=O) groups is 4. The minimum atomic E-state index is -1.07. The number of carbonyl (C=O) groups excluding carboxylic acids is 4. The Morgan fingerprint density at radius 1 is 1.29 bits per heavy atom. The van der Waals surface area contributed by atoms with Crippen LogP contribution >= 0.6 is 0 Å². The highest BCUT2D eigenvalue weighted by Gasteiger charge is 2.56. The second kappa shape index (κ2) is 7.26. The van der Waals surface area contributed by atoms with Gasteiger partial charge < -0.3 is 15.4 Å². The number of nitrogens with zero attached hydrogens (tertiary/aromatic N) is 1. The molecule has 1 aliphatic heterocycles. The van der Waals surface area contributed by atoms with Crippen LogP contribution in [-0.4, -0.2) is 46.9 Å². The maximum Gasteiger partial charge on any atom is 0.327 e. The van der Waals surface area contributed by atoms with E-state index in [-0.39, 0.29) is 5.92 Å². The lowest BCUT2D eigenvalue weighted by Gasteiger charge is -2.21. The average Bonchev–Trinajstić information content (AvgIpc) is 3.44. The standard InChI is InChI=1S/C20H25N3O5/c1-11-6-5-7-12(2)16(11)21-17(25)13(3)28-15(24)10-23-18(26)20(4,14-8-9-14)22-19(23)27/h5-7,13-14H,8-10H2,1-4H3,(H,21,25)(H,22,27)/t13-,20-/m1/s1. The Bertz CT molecular complexity index is 828. The number of amides is 4. The molecule has 3 rings (SSSR count). The van der Waals surface area contributed by atoms with Crippen molar-refractivity contribution in [2.75, 3.05) is 11.9 Å². The molecule has 1 saturated carbocycles. The molecule has 0 spiro atoms. The summed E-state index contributed by atoms with van der Waals surface area (Å²) in [6, 6.07) is 5.02. The van der Waals surface area contributed by atoms with E-state index in [1.165, 1.54) is 6.92 Å². The van der Waals surface area contributed by atoms with Crippen molar-refractivity contribution in [3.05, 3.63) is 29.3 Å². The molecular weight excluding hydrogens is 362 g/mol. The van der Waals surface area contributed by atoms with E-state index in [1.54, 1.807) is 6.92 Å². The van der Waals surface area contributed by atoms with Gasteiger partial charge in [-0.05, 0) is 57.6 Å². The second-order valence-corrected chi connectivity index (χ2v) is 7.69. The fourth-order valence-corrected chi connectivity index (χ4v) is 3.45. The number of urea groups is 1. The molecule has 2 aliphatic rings. The van der Waals surface area contributed by atoms with Crippen LogP contribution in [0.3, 0.4) is 0 Å². The van der Waals surface area contributed by atoms with Gasteiger partial charge in [0, 0.05) is 5.69 Å². The average molecular weight is 387 g/mol. The molecule has 150 valence electrons. The predicted molar refractivity (Wildman–Crippen MR) is 101 cm³/mol. The largest absolute Gasteiger partial charge is 0.451 e. The summed E-state index contributed by atoms with van der Waals surface area (Å²) in [5, 5.41) is 5.42. The summed E-state index contributed by atoms with van der Waals surface area (Å²) >= 11 is 0. The summed E-state index contributed by atoms with van der Waals surface area (Å²) in [6.45, 7) is 6.34. The van der Waals surface area contributed by atoms with Crippen molar-refractivity contribution in [3.63, 3.8) is 0 Å². The van der Waals surface area contributed by atoms with Crippen LogP contribution in [0.1, 0.15) is 37.8 Å². The third kappa shape index (κ3) is 3.72. The number of hydrogen-bond donors (Lipinski definition) is 2. The zero-order valence-corrected chi connectivity index (χ0v) is 16.5. The zero-order chi connectivity index (χ0) is 20.6. The molecule has 1 aliphatic carbocycles. The van der Waals surface area contributed by atoms with E-state index < -0.39 is 42.0 Å². The Hall–Kier alpha value is -2.90. The lowest BCUT2D eigenvalue weighted by atomic mass is 9.96. The van der Waals surface area contributed by atoms with Crippen LogP contribution in [0.4, 0.5) is 10.5 Å². The number of anilines is 1. The Morgan fingerprint density at radius 2 is 1.89 bits per heavy atom. The lowest BCUT2D eigenvalue weighted by Crippen LogP contribution is -2.46. The van der Waals surface area contributed by atoms with Crippen LogP contribution in [0.2, 0.25) is 0 Å². The monoisotopic (exact) mass is 387 g/mol. The first-order valence-electron chi connectivity index (χ1n) is 9.34. The summed E-state index contributed by atoms with van der Waals surface area (Å²) in [4.78, 5) is 50.1. The van der Waals surface area contributed by atoms with Crippen LogP contribution in [-0.2, 0) is 19.1 Å². The normalized spacial score (nSPS) is 22.6. The molecule has 0 aromatic heterocycles. The lowest BCUT2D eigenvalue weighted by molar-refractivity contribution is -0.155. The van der Waals surface area contributed by atoms with E-state index in [4.69, 9.17) is 4.74 Å². The molecule has 1 aromatic carbocycles. The van der Waals surface area contributed by atoms with Gasteiger partial charge in [-0.2, -0.15) is 0 Å². The summed E-state index contributed by atoms with van der Waals surface area (Å²) in [6.07, 6.45) is 0.675. The third-order valence-corrected chi connectivity index (χ3v) is 5.39. The number of nitrogens with one attached hydrogen (secondary N) is 2. The Morgan fingerprint density at radius 3 is 2.46 bits per heavy atom. The van der Waals surface area contributed by atoms with Crippen LogP contribution < -0.4 is 10.6 Å². The van der Waals surface area contributed by atoms with E-state index in [1.807, 2.05) is 32.0 Å². The van der Waals surface area contributed by atoms with Crippen LogP contribution in [0.25, 0.3) is 0 Å². The van der Waals surface area contributed by atoms with Crippen molar-refractivity contribution < 1.29 is 23.9 Å². The molecule has 2 fully saturated rings. The number of ether oxygens (including phenoxy) is 1. The minimum absolute atomic E-state index is 0.104. The van der Waals surface area contributed by atoms with Gasteiger partial charge in [-0.25, -0.2) is 4.79 Å². The smallest absolute Gasteiger partial charge is 0.327 e. The molecule has 2 N–H and O–H groups in total. The molecule has 4 amide bonds. The van der Waals surface area contributed by atoms with Crippen molar-refractivity contribution in [2.45, 2.75) is 52.2 Å². The number of aryl methyl sites for hydroxylation is 2. The van der Waals surface area contributed by atoms with Gasteiger partial charge in [-0.15, -0.1) is 0 Å². The number of esters is 1. The minimum Gasteiger partial charge on any atom is -0.451 e. The molecule has 0 radical (unpaired) electrons. The summed E-state index contributed by atoms with van der Waals surface area (Å²) in [5.74, 6) is -1.62. The van der Waals surface area contributed by atoms with Gasteiger partial charge in [0.15, 0.2) is 6.10 Å². The SMILES string of the molecule is Cc1cccc(C)c1NC(=O)[C@@H](C)OC(=O)CN1C(=O)N[C@](C)(C2CC2)C1=O. The number of imide groups is 1. The summed E-state index contributed by atoms with van der Waals surface area (Å²) < 4.78 is 5.14. The highest BCUT2D eigenvalue weighted by molar-refractivity contribution is 6.09. The van der Waals surface area contributed by atoms with Crippen molar-refractivity contribution in [1.82, 2.24) is 10.2 Å². The number of rotatable bonds is 6. The molecule has 0 bridgehead atoms. The van der Waals surface area contributed by atoms with Gasteiger partial charge >= 0.3 is 12.0 Å². The molecule has 0 unspecified atom stereocenters. The second-order valence-electron chi connectivity index (χ2n) is 7.69. The van der Waals surface area contributed by atoms with Crippen LogP contribution in [0.15, 0.2) is 18.2 Å². The summed E-state index contributed by atoms with van der Waals surface area (Å²) in [5.41, 5.74) is 1.50. The highest BCUT2D eigenvalue weighted by Crippen LogP contribution is 2.42. The van der Waals surface area contributed by atoms with E-state index in [0.29, 0.717) is 5.69 Å². The van der Waals surface area contributed by atoms with E-state index in [2.05, 4.69) is 10.6 Å². The molecule has 8 heteroatoms. The third-order valence-electron chi connectivity index (χ3n) is 5.39. The molecule has 1 heterocycles. The Kier molecular flexibility index (Phi) is 5.14. The topological polar surface area (TPSA) is 105 Å². The highest BCUT2D eigenvalue weighted by atomic mass is 16.5. The molecule has 1 saturated heterocycles. The fourth-order valence-electron chi connectivity index (χ4n) is 3.45. The maximum absolute atomic E-state index is 12.5. The summed E-state index contributed by atoms with van der Waals surface area (Å²) in [7, 11) is 0. The molecule has 28 heavy (non-hydrogen) atoms. The molecule has 1 aromatic rings. The number of benzene rings is 1. The van der Waals surface area contributed by atoms with Crippen LogP contribution in [0, 0.1) is 19.8 Å². The number of hydrogen-bond acceptors (Lipinski definition) is 5. The maximum atomic E-state index is 12.5. The quantitative estimate of drug-likeness (QED) is 0.573. The molecular formula is C20H25N3O5. The zero-order valence-electron chi connectivity index (χ0n) is 16.5. The van der Waals surface area contributed by atoms with Gasteiger partial charge in [-0.1, -0.05) is 18.2 Å². The first-order valence-corrected chi connectivity index (χ1v) is 9.34. The van der Waals surface area contributed by atoms with E-state index in [9.17, 15) is 19.2 Å². The van der Waals surface area contributed by atoms with E-state index in [0.717, 1.165) is 28.9 Å². The van der Waals surface area contributed by atoms with Gasteiger partial charge in [0.05, 0.1) is 0 Å². The first-order chi connectivity index (χ1) is 13.1.